The van der Waals surface area contributed by atoms with E-state index in [4.69, 9.17) is 9.47 Å². The first-order valence-electron chi connectivity index (χ1n) is 8.17. The SMILES string of the molecule is COc1ccc(CCNC(=O)c2cn(-c3cccc(OC)c3)nn2)cc1. The average Bonchev–Trinajstić information content (AvgIpc) is 3.19. The van der Waals surface area contributed by atoms with Gasteiger partial charge in [-0.1, -0.05) is 23.4 Å². The van der Waals surface area contributed by atoms with Crippen molar-refractivity contribution in [1.82, 2.24) is 20.3 Å². The third-order valence-electron chi connectivity index (χ3n) is 3.90. The van der Waals surface area contributed by atoms with Crippen LogP contribution in [-0.4, -0.2) is 41.7 Å². The highest BCUT2D eigenvalue weighted by molar-refractivity contribution is 5.91. The second-order valence-corrected chi connectivity index (χ2v) is 5.60. The molecule has 0 atom stereocenters. The maximum Gasteiger partial charge on any atom is 0.273 e. The molecule has 0 fully saturated rings. The minimum atomic E-state index is -0.257. The molecular formula is C19H20N4O3. The lowest BCUT2D eigenvalue weighted by Gasteiger charge is -2.05. The quantitative estimate of drug-likeness (QED) is 0.706. The van der Waals surface area contributed by atoms with Crippen molar-refractivity contribution in [2.24, 2.45) is 0 Å². The van der Waals surface area contributed by atoms with Crippen LogP contribution in [0.25, 0.3) is 5.69 Å². The molecule has 0 aliphatic rings. The molecular weight excluding hydrogens is 332 g/mol. The van der Waals surface area contributed by atoms with E-state index in [0.717, 1.165) is 23.4 Å². The van der Waals surface area contributed by atoms with E-state index in [9.17, 15) is 4.79 Å². The molecule has 134 valence electrons. The van der Waals surface area contributed by atoms with Crippen LogP contribution >= 0.6 is 0 Å². The Bertz CT molecular complexity index is 875. The maximum absolute atomic E-state index is 12.2. The summed E-state index contributed by atoms with van der Waals surface area (Å²) in [4.78, 5) is 12.2. The molecule has 0 spiro atoms. The summed E-state index contributed by atoms with van der Waals surface area (Å²) in [6.45, 7) is 0.511. The number of carbonyl (C=O) groups is 1. The van der Waals surface area contributed by atoms with Gasteiger partial charge in [-0.3, -0.25) is 4.79 Å². The molecule has 1 amide bonds. The number of hydrogen-bond acceptors (Lipinski definition) is 5. The standard InChI is InChI=1S/C19H20N4O3/c1-25-16-8-6-14(7-9-16)10-11-20-19(24)18-13-23(22-21-18)15-4-3-5-17(12-15)26-2/h3-9,12-13H,10-11H2,1-2H3,(H,20,24). The van der Waals surface area contributed by atoms with Crippen molar-refractivity contribution in [1.29, 1.82) is 0 Å². The van der Waals surface area contributed by atoms with Gasteiger partial charge in [0.15, 0.2) is 5.69 Å². The molecule has 1 N–H and O–H groups in total. The molecule has 7 heteroatoms. The van der Waals surface area contributed by atoms with Crippen LogP contribution < -0.4 is 14.8 Å². The van der Waals surface area contributed by atoms with Crippen molar-refractivity contribution >= 4 is 5.91 Å². The van der Waals surface area contributed by atoms with Crippen molar-refractivity contribution in [3.8, 4) is 17.2 Å². The molecule has 26 heavy (non-hydrogen) atoms. The number of ether oxygens (including phenoxy) is 2. The van der Waals surface area contributed by atoms with Crippen LogP contribution in [0.5, 0.6) is 11.5 Å². The number of benzene rings is 2. The number of methoxy groups -OCH3 is 2. The van der Waals surface area contributed by atoms with Gasteiger partial charge in [-0.25, -0.2) is 4.68 Å². The highest BCUT2D eigenvalue weighted by Gasteiger charge is 2.11. The van der Waals surface area contributed by atoms with Gasteiger partial charge in [0.1, 0.15) is 11.5 Å². The first-order valence-corrected chi connectivity index (χ1v) is 8.17. The largest absolute Gasteiger partial charge is 0.497 e. The minimum absolute atomic E-state index is 0.257. The summed E-state index contributed by atoms with van der Waals surface area (Å²) in [6, 6.07) is 15.1. The van der Waals surface area contributed by atoms with Gasteiger partial charge in [-0.2, -0.15) is 0 Å². The van der Waals surface area contributed by atoms with Gasteiger partial charge in [0, 0.05) is 12.6 Å². The van der Waals surface area contributed by atoms with E-state index in [-0.39, 0.29) is 11.6 Å². The number of hydrogen-bond donors (Lipinski definition) is 1. The predicted molar refractivity (Wildman–Crippen MR) is 96.9 cm³/mol. The van der Waals surface area contributed by atoms with Crippen LogP contribution in [0.15, 0.2) is 54.7 Å². The summed E-state index contributed by atoms with van der Waals surface area (Å²) >= 11 is 0. The molecule has 0 radical (unpaired) electrons. The van der Waals surface area contributed by atoms with Crippen molar-refractivity contribution in [3.05, 3.63) is 66.0 Å². The Balaban J connectivity index is 1.57. The van der Waals surface area contributed by atoms with Gasteiger partial charge < -0.3 is 14.8 Å². The summed E-state index contributed by atoms with van der Waals surface area (Å²) in [5.74, 6) is 1.27. The highest BCUT2D eigenvalue weighted by Crippen LogP contribution is 2.15. The lowest BCUT2D eigenvalue weighted by molar-refractivity contribution is 0.0949. The summed E-state index contributed by atoms with van der Waals surface area (Å²) < 4.78 is 11.9. The van der Waals surface area contributed by atoms with Gasteiger partial charge >= 0.3 is 0 Å². The number of amides is 1. The Hall–Kier alpha value is -3.35. The third kappa shape index (κ3) is 4.18. The first-order chi connectivity index (χ1) is 12.7. The van der Waals surface area contributed by atoms with Crippen molar-refractivity contribution in [3.63, 3.8) is 0 Å². The number of nitrogens with zero attached hydrogens (tertiary/aromatic N) is 3. The zero-order chi connectivity index (χ0) is 18.4. The molecule has 1 heterocycles. The zero-order valence-electron chi connectivity index (χ0n) is 14.7. The van der Waals surface area contributed by atoms with E-state index in [2.05, 4.69) is 15.6 Å². The molecule has 1 aromatic heterocycles. The van der Waals surface area contributed by atoms with Crippen LogP contribution in [0, 0.1) is 0 Å². The van der Waals surface area contributed by atoms with Crippen molar-refractivity contribution in [2.75, 3.05) is 20.8 Å². The molecule has 2 aromatic carbocycles. The topological polar surface area (TPSA) is 78.3 Å². The summed E-state index contributed by atoms with van der Waals surface area (Å²) in [6.07, 6.45) is 2.32. The molecule has 0 saturated heterocycles. The summed E-state index contributed by atoms with van der Waals surface area (Å²) in [5.41, 5.74) is 2.16. The Morgan fingerprint density at radius 1 is 1.08 bits per heavy atom. The average molecular weight is 352 g/mol. The minimum Gasteiger partial charge on any atom is -0.497 e. The van der Waals surface area contributed by atoms with Gasteiger partial charge in [-0.05, 0) is 36.2 Å². The molecule has 3 aromatic rings. The number of nitrogens with one attached hydrogen (secondary N) is 1. The molecule has 3 rings (SSSR count). The second kappa shape index (κ2) is 8.15. The monoisotopic (exact) mass is 352 g/mol. The fourth-order valence-corrected chi connectivity index (χ4v) is 2.45. The predicted octanol–water partition coefficient (Wildman–Crippen LogP) is 2.26. The number of rotatable bonds is 7. The Morgan fingerprint density at radius 2 is 1.85 bits per heavy atom. The smallest absolute Gasteiger partial charge is 0.273 e. The fourth-order valence-electron chi connectivity index (χ4n) is 2.45. The lowest BCUT2D eigenvalue weighted by atomic mass is 10.1. The maximum atomic E-state index is 12.2. The first kappa shape index (κ1) is 17.5. The van der Waals surface area contributed by atoms with E-state index in [1.54, 1.807) is 25.1 Å². The highest BCUT2D eigenvalue weighted by atomic mass is 16.5. The lowest BCUT2D eigenvalue weighted by Crippen LogP contribution is -2.26. The van der Waals surface area contributed by atoms with Gasteiger partial charge in [0.2, 0.25) is 0 Å². The van der Waals surface area contributed by atoms with Crippen LogP contribution in [0.2, 0.25) is 0 Å². The molecule has 0 unspecified atom stereocenters. The molecule has 0 bridgehead atoms. The molecule has 0 saturated carbocycles. The van der Waals surface area contributed by atoms with E-state index in [1.165, 1.54) is 0 Å². The zero-order valence-corrected chi connectivity index (χ0v) is 14.7. The molecule has 0 aliphatic heterocycles. The number of aromatic nitrogens is 3. The Labute approximate surface area is 151 Å². The normalized spacial score (nSPS) is 10.4. The summed E-state index contributed by atoms with van der Waals surface area (Å²) in [5, 5.41) is 10.8. The molecule has 7 nitrogen and oxygen atoms in total. The van der Waals surface area contributed by atoms with Crippen LogP contribution in [0.3, 0.4) is 0 Å². The van der Waals surface area contributed by atoms with E-state index < -0.39 is 0 Å². The van der Waals surface area contributed by atoms with Crippen LogP contribution in [-0.2, 0) is 6.42 Å². The van der Waals surface area contributed by atoms with Crippen LogP contribution in [0.1, 0.15) is 16.1 Å². The third-order valence-corrected chi connectivity index (χ3v) is 3.90. The fraction of sp³-hybridized carbons (Fsp3) is 0.211. The van der Waals surface area contributed by atoms with Gasteiger partial charge in [0.05, 0.1) is 26.1 Å². The van der Waals surface area contributed by atoms with E-state index >= 15 is 0 Å². The van der Waals surface area contributed by atoms with E-state index in [0.29, 0.717) is 12.3 Å². The van der Waals surface area contributed by atoms with E-state index in [1.807, 2.05) is 48.5 Å². The van der Waals surface area contributed by atoms with Crippen molar-refractivity contribution < 1.29 is 14.3 Å². The number of carbonyl (C=O) groups excluding carboxylic acids is 1. The molecule has 0 aliphatic carbocycles. The van der Waals surface area contributed by atoms with Gasteiger partial charge in [0.25, 0.3) is 5.91 Å². The second-order valence-electron chi connectivity index (χ2n) is 5.60. The van der Waals surface area contributed by atoms with Gasteiger partial charge in [-0.15, -0.1) is 5.10 Å². The Morgan fingerprint density at radius 3 is 2.58 bits per heavy atom. The van der Waals surface area contributed by atoms with Crippen molar-refractivity contribution in [2.45, 2.75) is 6.42 Å². The Kier molecular flexibility index (Phi) is 5.48. The van der Waals surface area contributed by atoms with Crippen LogP contribution in [0.4, 0.5) is 0 Å². The summed E-state index contributed by atoms with van der Waals surface area (Å²) in [7, 11) is 3.23.